The summed E-state index contributed by atoms with van der Waals surface area (Å²) in [7, 11) is 3.26. The van der Waals surface area contributed by atoms with Crippen LogP contribution in [-0.4, -0.2) is 41.8 Å². The van der Waals surface area contributed by atoms with Gasteiger partial charge in [-0.25, -0.2) is 9.18 Å². The first-order chi connectivity index (χ1) is 11.5. The van der Waals surface area contributed by atoms with E-state index in [4.69, 9.17) is 9.26 Å². The van der Waals surface area contributed by atoms with E-state index in [2.05, 4.69) is 15.5 Å². The van der Waals surface area contributed by atoms with E-state index < -0.39 is 0 Å². The fourth-order valence-corrected chi connectivity index (χ4v) is 2.07. The third-order valence-corrected chi connectivity index (χ3v) is 3.68. The number of amides is 2. The molecule has 0 unspecified atom stereocenters. The topological polar surface area (TPSA) is 80.5 Å². The van der Waals surface area contributed by atoms with E-state index in [0.29, 0.717) is 24.7 Å². The molecule has 8 heteroatoms. The van der Waals surface area contributed by atoms with E-state index >= 15 is 0 Å². The number of nitrogens with one attached hydrogen (secondary N) is 1. The standard InChI is InChI=1S/C16H21FN4O3/c1-11(12-4-6-13(17)7-5-12)21(2)16(22)18-10-14-19-15(24-20-14)8-9-23-3/h4-7,11H,8-10H2,1-3H3,(H,18,22)/t11-/m0/s1. The van der Waals surface area contributed by atoms with E-state index in [9.17, 15) is 9.18 Å². The van der Waals surface area contributed by atoms with Crippen LogP contribution in [0.5, 0.6) is 0 Å². The molecule has 0 radical (unpaired) electrons. The molecule has 130 valence electrons. The van der Waals surface area contributed by atoms with Gasteiger partial charge in [-0.1, -0.05) is 17.3 Å². The summed E-state index contributed by atoms with van der Waals surface area (Å²) in [5.41, 5.74) is 0.843. The number of methoxy groups -OCH3 is 1. The summed E-state index contributed by atoms with van der Waals surface area (Å²) in [4.78, 5) is 17.9. The molecule has 1 N–H and O–H groups in total. The number of benzene rings is 1. The van der Waals surface area contributed by atoms with Gasteiger partial charge in [0, 0.05) is 14.2 Å². The molecule has 1 atom stereocenters. The Kier molecular flexibility index (Phi) is 6.25. The van der Waals surface area contributed by atoms with Crippen molar-refractivity contribution < 1.29 is 18.4 Å². The van der Waals surface area contributed by atoms with E-state index in [0.717, 1.165) is 5.56 Å². The molecule has 0 aliphatic carbocycles. The summed E-state index contributed by atoms with van der Waals surface area (Å²) in [6.45, 7) is 2.52. The van der Waals surface area contributed by atoms with Crippen molar-refractivity contribution >= 4 is 6.03 Å². The molecule has 0 spiro atoms. The zero-order valence-corrected chi connectivity index (χ0v) is 14.0. The van der Waals surface area contributed by atoms with Crippen molar-refractivity contribution in [3.63, 3.8) is 0 Å². The summed E-state index contributed by atoms with van der Waals surface area (Å²) < 4.78 is 23.0. The monoisotopic (exact) mass is 336 g/mol. The van der Waals surface area contributed by atoms with Crippen LogP contribution in [0.3, 0.4) is 0 Å². The van der Waals surface area contributed by atoms with Crippen molar-refractivity contribution in [3.8, 4) is 0 Å². The van der Waals surface area contributed by atoms with Gasteiger partial charge in [-0.15, -0.1) is 0 Å². The smallest absolute Gasteiger partial charge is 0.318 e. The molecule has 2 aromatic rings. The summed E-state index contributed by atoms with van der Waals surface area (Å²) >= 11 is 0. The Morgan fingerprint density at radius 1 is 1.42 bits per heavy atom. The minimum absolute atomic E-state index is 0.162. The Labute approximate surface area is 139 Å². The molecular formula is C16H21FN4O3. The van der Waals surface area contributed by atoms with Crippen molar-refractivity contribution in [2.45, 2.75) is 25.9 Å². The van der Waals surface area contributed by atoms with E-state index in [1.165, 1.54) is 17.0 Å². The zero-order chi connectivity index (χ0) is 17.5. The highest BCUT2D eigenvalue weighted by Crippen LogP contribution is 2.18. The number of hydrogen-bond donors (Lipinski definition) is 1. The third kappa shape index (κ3) is 4.76. The summed E-state index contributed by atoms with van der Waals surface area (Å²) in [6, 6.07) is 5.58. The average Bonchev–Trinajstić information content (AvgIpc) is 3.05. The summed E-state index contributed by atoms with van der Waals surface area (Å²) in [6.07, 6.45) is 0.527. The number of carbonyl (C=O) groups is 1. The van der Waals surface area contributed by atoms with Crippen LogP contribution in [0.1, 0.15) is 30.2 Å². The van der Waals surface area contributed by atoms with E-state index in [1.54, 1.807) is 26.3 Å². The Bertz CT molecular complexity index is 660. The lowest BCUT2D eigenvalue weighted by Crippen LogP contribution is -2.38. The Balaban J connectivity index is 1.87. The zero-order valence-electron chi connectivity index (χ0n) is 14.0. The molecular weight excluding hydrogens is 315 g/mol. The van der Waals surface area contributed by atoms with Gasteiger partial charge in [0.15, 0.2) is 5.82 Å². The predicted molar refractivity (Wildman–Crippen MR) is 84.7 cm³/mol. The minimum atomic E-state index is -0.306. The van der Waals surface area contributed by atoms with Gasteiger partial charge in [0.25, 0.3) is 0 Å². The number of urea groups is 1. The number of carbonyl (C=O) groups excluding carboxylic acids is 1. The largest absolute Gasteiger partial charge is 0.384 e. The molecule has 1 aromatic carbocycles. The SMILES string of the molecule is COCCc1nc(CNC(=O)N(C)[C@@H](C)c2ccc(F)cc2)no1. The van der Waals surface area contributed by atoms with Gasteiger partial charge in [-0.2, -0.15) is 4.98 Å². The maximum absolute atomic E-state index is 13.0. The fourth-order valence-electron chi connectivity index (χ4n) is 2.07. The number of hydrogen-bond acceptors (Lipinski definition) is 5. The Morgan fingerprint density at radius 3 is 2.79 bits per heavy atom. The van der Waals surface area contributed by atoms with Crippen LogP contribution in [0.25, 0.3) is 0 Å². The van der Waals surface area contributed by atoms with Crippen molar-refractivity contribution in [2.24, 2.45) is 0 Å². The molecule has 2 amide bonds. The molecule has 0 bridgehead atoms. The molecule has 0 aliphatic heterocycles. The van der Waals surface area contributed by atoms with Crippen LogP contribution in [0, 0.1) is 5.82 Å². The first kappa shape index (κ1) is 17.9. The predicted octanol–water partition coefficient (Wildman–Crippen LogP) is 2.30. The minimum Gasteiger partial charge on any atom is -0.384 e. The lowest BCUT2D eigenvalue weighted by Gasteiger charge is -2.25. The number of ether oxygens (including phenoxy) is 1. The summed E-state index contributed by atoms with van der Waals surface area (Å²) in [5, 5.41) is 6.52. The number of nitrogens with zero attached hydrogens (tertiary/aromatic N) is 3. The van der Waals surface area contributed by atoms with Crippen LogP contribution in [0.2, 0.25) is 0 Å². The van der Waals surface area contributed by atoms with Crippen LogP contribution < -0.4 is 5.32 Å². The maximum atomic E-state index is 13.0. The molecule has 7 nitrogen and oxygen atoms in total. The lowest BCUT2D eigenvalue weighted by molar-refractivity contribution is 0.192. The second-order valence-corrected chi connectivity index (χ2v) is 5.34. The van der Waals surface area contributed by atoms with Crippen LogP contribution in [0.15, 0.2) is 28.8 Å². The first-order valence-corrected chi connectivity index (χ1v) is 7.57. The number of aromatic nitrogens is 2. The highest BCUT2D eigenvalue weighted by Gasteiger charge is 2.18. The van der Waals surface area contributed by atoms with Gasteiger partial charge >= 0.3 is 6.03 Å². The second-order valence-electron chi connectivity index (χ2n) is 5.34. The molecule has 0 fully saturated rings. The Morgan fingerprint density at radius 2 is 2.12 bits per heavy atom. The van der Waals surface area contributed by atoms with Crippen molar-refractivity contribution in [1.82, 2.24) is 20.4 Å². The number of halogens is 1. The number of rotatable bonds is 7. The van der Waals surface area contributed by atoms with Crippen LogP contribution in [0.4, 0.5) is 9.18 Å². The first-order valence-electron chi connectivity index (χ1n) is 7.57. The lowest BCUT2D eigenvalue weighted by atomic mass is 10.1. The quantitative estimate of drug-likeness (QED) is 0.839. The van der Waals surface area contributed by atoms with Crippen molar-refractivity contribution in [3.05, 3.63) is 47.4 Å². The van der Waals surface area contributed by atoms with E-state index in [1.807, 2.05) is 6.92 Å². The highest BCUT2D eigenvalue weighted by molar-refractivity contribution is 5.74. The maximum Gasteiger partial charge on any atom is 0.318 e. The molecule has 1 heterocycles. The van der Waals surface area contributed by atoms with Gasteiger partial charge in [0.05, 0.1) is 25.6 Å². The normalized spacial score (nSPS) is 12.0. The van der Waals surface area contributed by atoms with Crippen molar-refractivity contribution in [1.29, 1.82) is 0 Å². The fraction of sp³-hybridized carbons (Fsp3) is 0.438. The molecule has 2 rings (SSSR count). The van der Waals surface area contributed by atoms with Gasteiger partial charge in [0.1, 0.15) is 5.82 Å². The molecule has 0 aliphatic rings. The van der Waals surface area contributed by atoms with E-state index in [-0.39, 0.29) is 24.4 Å². The van der Waals surface area contributed by atoms with Gasteiger partial charge in [-0.3, -0.25) is 0 Å². The molecule has 0 saturated heterocycles. The molecule has 1 aromatic heterocycles. The third-order valence-electron chi connectivity index (χ3n) is 3.68. The molecule has 24 heavy (non-hydrogen) atoms. The Hall–Kier alpha value is -2.48. The van der Waals surface area contributed by atoms with Gasteiger partial charge in [-0.05, 0) is 24.6 Å². The van der Waals surface area contributed by atoms with Crippen LogP contribution >= 0.6 is 0 Å². The highest BCUT2D eigenvalue weighted by atomic mass is 19.1. The van der Waals surface area contributed by atoms with Crippen molar-refractivity contribution in [2.75, 3.05) is 20.8 Å². The van der Waals surface area contributed by atoms with Gasteiger partial charge in [0.2, 0.25) is 5.89 Å². The molecule has 0 saturated carbocycles. The van der Waals surface area contributed by atoms with Gasteiger partial charge < -0.3 is 19.5 Å². The summed E-state index contributed by atoms with van der Waals surface area (Å²) in [5.74, 6) is 0.561. The van der Waals surface area contributed by atoms with Crippen LogP contribution in [-0.2, 0) is 17.7 Å². The second kappa shape index (κ2) is 8.39. The average molecular weight is 336 g/mol.